The first-order valence-corrected chi connectivity index (χ1v) is 3.47. The Hall–Kier alpha value is -0.120. The molecule has 9 heavy (non-hydrogen) atoms. The fourth-order valence-corrected chi connectivity index (χ4v) is 1.20. The lowest BCUT2D eigenvalue weighted by molar-refractivity contribution is 0.350. The molecule has 3 nitrogen and oxygen atoms in total. The first-order chi connectivity index (χ1) is 4.24. The maximum absolute atomic E-state index is 5.68. The van der Waals surface area contributed by atoms with Gasteiger partial charge in [0.15, 0.2) is 0 Å². The maximum Gasteiger partial charge on any atom is 0.0334 e. The summed E-state index contributed by atoms with van der Waals surface area (Å²) in [7, 11) is 0. The third-order valence-electron chi connectivity index (χ3n) is 1.94. The van der Waals surface area contributed by atoms with Crippen molar-refractivity contribution in [3.63, 3.8) is 0 Å². The molecule has 0 bridgehead atoms. The molecule has 0 aliphatic carbocycles. The number of hydrogen-bond acceptors (Lipinski definition) is 3. The van der Waals surface area contributed by atoms with Crippen LogP contribution in [0.3, 0.4) is 0 Å². The highest BCUT2D eigenvalue weighted by Crippen LogP contribution is 2.04. The molecule has 1 aliphatic heterocycles. The Labute approximate surface area is 56.0 Å². The molecule has 1 heterocycles. The van der Waals surface area contributed by atoms with Gasteiger partial charge in [-0.3, -0.25) is 0 Å². The van der Waals surface area contributed by atoms with E-state index in [1.807, 2.05) is 0 Å². The molecule has 3 heteroatoms. The Morgan fingerprint density at radius 3 is 2.00 bits per heavy atom. The smallest absolute Gasteiger partial charge is 0.0334 e. The average Bonchev–Trinajstić information content (AvgIpc) is 2.13. The lowest BCUT2D eigenvalue weighted by Gasteiger charge is -2.09. The zero-order chi connectivity index (χ0) is 6.85. The number of likely N-dealkylation sites (N-methyl/N-ethyl adjacent to an activating group) is 1. The first kappa shape index (κ1) is 6.99. The Morgan fingerprint density at radius 2 is 1.78 bits per heavy atom. The summed E-state index contributed by atoms with van der Waals surface area (Å²) in [6.45, 7) is 5.14. The van der Waals surface area contributed by atoms with Crippen molar-refractivity contribution >= 4 is 0 Å². The molecule has 2 atom stereocenters. The van der Waals surface area contributed by atoms with Crippen molar-refractivity contribution in [1.29, 1.82) is 0 Å². The molecule has 0 amide bonds. The molecule has 0 saturated carbocycles. The third kappa shape index (κ3) is 1.41. The van der Waals surface area contributed by atoms with E-state index in [2.05, 4.69) is 11.8 Å². The summed E-state index contributed by atoms with van der Waals surface area (Å²) in [5.41, 5.74) is 11.4. The molecule has 0 aromatic rings. The van der Waals surface area contributed by atoms with Gasteiger partial charge in [-0.05, 0) is 6.54 Å². The van der Waals surface area contributed by atoms with Gasteiger partial charge in [0.05, 0.1) is 0 Å². The molecule has 1 fully saturated rings. The van der Waals surface area contributed by atoms with E-state index in [9.17, 15) is 0 Å². The summed E-state index contributed by atoms with van der Waals surface area (Å²) in [6.07, 6.45) is 0. The second kappa shape index (κ2) is 2.64. The predicted octanol–water partition coefficient (Wildman–Crippen LogP) is -1.02. The molecule has 1 rings (SSSR count). The Kier molecular flexibility index (Phi) is 2.05. The summed E-state index contributed by atoms with van der Waals surface area (Å²) >= 11 is 0. The lowest BCUT2D eigenvalue weighted by Crippen LogP contribution is -2.39. The SMILES string of the molecule is CCN1C[C@@H](N)[C@H](N)C1. The summed E-state index contributed by atoms with van der Waals surface area (Å²) in [6, 6.07) is 0.398. The van der Waals surface area contributed by atoms with E-state index in [0.717, 1.165) is 19.6 Å². The first-order valence-electron chi connectivity index (χ1n) is 3.47. The molecule has 0 radical (unpaired) electrons. The number of nitrogens with zero attached hydrogens (tertiary/aromatic N) is 1. The van der Waals surface area contributed by atoms with Gasteiger partial charge >= 0.3 is 0 Å². The van der Waals surface area contributed by atoms with Crippen LogP contribution < -0.4 is 11.5 Å². The second-order valence-corrected chi connectivity index (χ2v) is 2.68. The summed E-state index contributed by atoms with van der Waals surface area (Å²) in [4.78, 5) is 2.27. The molecule has 0 spiro atoms. The highest BCUT2D eigenvalue weighted by molar-refractivity contribution is 4.88. The van der Waals surface area contributed by atoms with E-state index in [4.69, 9.17) is 11.5 Å². The minimum Gasteiger partial charge on any atom is -0.325 e. The van der Waals surface area contributed by atoms with Crippen LogP contribution in [-0.4, -0.2) is 36.6 Å². The van der Waals surface area contributed by atoms with Gasteiger partial charge in [-0.15, -0.1) is 0 Å². The van der Waals surface area contributed by atoms with Gasteiger partial charge in [0, 0.05) is 25.2 Å². The number of likely N-dealkylation sites (tertiary alicyclic amines) is 1. The Bertz CT molecular complexity index is 84.3. The van der Waals surface area contributed by atoms with Crippen LogP contribution in [0.15, 0.2) is 0 Å². The molecule has 4 N–H and O–H groups in total. The molecule has 1 saturated heterocycles. The van der Waals surface area contributed by atoms with Gasteiger partial charge in [0.1, 0.15) is 0 Å². The fraction of sp³-hybridized carbons (Fsp3) is 1.00. The van der Waals surface area contributed by atoms with E-state index < -0.39 is 0 Å². The van der Waals surface area contributed by atoms with Crippen molar-refractivity contribution in [3.05, 3.63) is 0 Å². The fourth-order valence-electron chi connectivity index (χ4n) is 1.20. The highest BCUT2D eigenvalue weighted by atomic mass is 15.2. The van der Waals surface area contributed by atoms with E-state index in [1.54, 1.807) is 0 Å². The zero-order valence-corrected chi connectivity index (χ0v) is 5.88. The number of rotatable bonds is 1. The van der Waals surface area contributed by atoms with Crippen molar-refractivity contribution in [1.82, 2.24) is 4.90 Å². The zero-order valence-electron chi connectivity index (χ0n) is 5.88. The summed E-state index contributed by atoms with van der Waals surface area (Å²) in [5.74, 6) is 0. The van der Waals surface area contributed by atoms with Gasteiger partial charge < -0.3 is 16.4 Å². The van der Waals surface area contributed by atoms with Crippen molar-refractivity contribution in [3.8, 4) is 0 Å². The molecule has 0 unspecified atom stereocenters. The van der Waals surface area contributed by atoms with Crippen LogP contribution in [0.4, 0.5) is 0 Å². The third-order valence-corrected chi connectivity index (χ3v) is 1.94. The molecular weight excluding hydrogens is 114 g/mol. The van der Waals surface area contributed by atoms with Crippen LogP contribution >= 0.6 is 0 Å². The largest absolute Gasteiger partial charge is 0.325 e. The quantitative estimate of drug-likeness (QED) is 0.476. The Morgan fingerprint density at radius 1 is 1.33 bits per heavy atom. The van der Waals surface area contributed by atoms with Crippen LogP contribution in [0.1, 0.15) is 6.92 Å². The number of hydrogen-bond donors (Lipinski definition) is 2. The van der Waals surface area contributed by atoms with Gasteiger partial charge in [0.2, 0.25) is 0 Å². The van der Waals surface area contributed by atoms with Crippen LogP contribution in [0.2, 0.25) is 0 Å². The van der Waals surface area contributed by atoms with Crippen LogP contribution in [0, 0.1) is 0 Å². The minimum atomic E-state index is 0.199. The molecule has 0 aromatic carbocycles. The van der Waals surface area contributed by atoms with Gasteiger partial charge in [0.25, 0.3) is 0 Å². The maximum atomic E-state index is 5.68. The van der Waals surface area contributed by atoms with E-state index >= 15 is 0 Å². The number of nitrogens with two attached hydrogens (primary N) is 2. The predicted molar refractivity (Wildman–Crippen MR) is 38.1 cm³/mol. The molecular formula is C6H15N3. The van der Waals surface area contributed by atoms with Gasteiger partial charge in [-0.25, -0.2) is 0 Å². The monoisotopic (exact) mass is 129 g/mol. The van der Waals surface area contributed by atoms with Crippen molar-refractivity contribution in [2.45, 2.75) is 19.0 Å². The normalized spacial score (nSPS) is 37.7. The topological polar surface area (TPSA) is 55.3 Å². The molecule has 1 aliphatic rings. The molecule has 0 aromatic heterocycles. The molecule has 54 valence electrons. The summed E-state index contributed by atoms with van der Waals surface area (Å²) in [5, 5.41) is 0. The van der Waals surface area contributed by atoms with Crippen LogP contribution in [0.5, 0.6) is 0 Å². The minimum absolute atomic E-state index is 0.199. The average molecular weight is 129 g/mol. The van der Waals surface area contributed by atoms with Crippen molar-refractivity contribution < 1.29 is 0 Å². The van der Waals surface area contributed by atoms with Crippen molar-refractivity contribution in [2.75, 3.05) is 19.6 Å². The van der Waals surface area contributed by atoms with E-state index in [0.29, 0.717) is 0 Å². The van der Waals surface area contributed by atoms with Crippen LogP contribution in [-0.2, 0) is 0 Å². The van der Waals surface area contributed by atoms with E-state index in [-0.39, 0.29) is 12.1 Å². The standard InChI is InChI=1S/C6H15N3/c1-2-9-3-5(7)6(8)4-9/h5-6H,2-4,7-8H2,1H3/t5-,6-/m1/s1. The van der Waals surface area contributed by atoms with Crippen LogP contribution in [0.25, 0.3) is 0 Å². The van der Waals surface area contributed by atoms with Gasteiger partial charge in [-0.1, -0.05) is 6.92 Å². The highest BCUT2D eigenvalue weighted by Gasteiger charge is 2.25. The summed E-state index contributed by atoms with van der Waals surface area (Å²) < 4.78 is 0. The van der Waals surface area contributed by atoms with Crippen molar-refractivity contribution in [2.24, 2.45) is 11.5 Å². The lowest BCUT2D eigenvalue weighted by atomic mass is 10.2. The van der Waals surface area contributed by atoms with E-state index in [1.165, 1.54) is 0 Å². The Balaban J connectivity index is 2.35. The van der Waals surface area contributed by atoms with Gasteiger partial charge in [-0.2, -0.15) is 0 Å². The second-order valence-electron chi connectivity index (χ2n) is 2.68.